The number of hydrogen-bond acceptors (Lipinski definition) is 2. The van der Waals surface area contributed by atoms with Crippen LogP contribution in [0.1, 0.15) is 16.7 Å². The normalized spacial score (nSPS) is 10.5. The van der Waals surface area contributed by atoms with Gasteiger partial charge in [-0.05, 0) is 48.4 Å². The van der Waals surface area contributed by atoms with E-state index in [2.05, 4.69) is 22.4 Å². The Morgan fingerprint density at radius 3 is 2.53 bits per heavy atom. The highest BCUT2D eigenvalue weighted by Crippen LogP contribution is 2.20. The number of hydrogen-bond donors (Lipinski definition) is 1. The van der Waals surface area contributed by atoms with Gasteiger partial charge in [0.15, 0.2) is 0 Å². The van der Waals surface area contributed by atoms with Gasteiger partial charge in [0.1, 0.15) is 0 Å². The zero-order valence-electron chi connectivity index (χ0n) is 9.78. The molecule has 0 saturated carbocycles. The Kier molecular flexibility index (Phi) is 4.13. The smallest absolute Gasteiger partial charge is 0.0444 e. The first kappa shape index (κ1) is 12.1. The molecule has 0 saturated heterocycles. The van der Waals surface area contributed by atoms with Crippen molar-refractivity contribution in [3.05, 3.63) is 64.4 Å². The maximum atomic E-state index is 6.27. The molecule has 0 aliphatic heterocycles. The molecule has 0 atom stereocenters. The van der Waals surface area contributed by atoms with Crippen LogP contribution in [0, 0.1) is 0 Å². The van der Waals surface area contributed by atoms with Crippen LogP contribution >= 0.6 is 11.6 Å². The first-order valence-electron chi connectivity index (χ1n) is 5.60. The predicted molar refractivity (Wildman–Crippen MR) is 71.3 cm³/mol. The Hall–Kier alpha value is -1.38. The van der Waals surface area contributed by atoms with Crippen LogP contribution in [0.3, 0.4) is 0 Å². The lowest BCUT2D eigenvalue weighted by Gasteiger charge is -2.07. The number of rotatable bonds is 4. The topological polar surface area (TPSA) is 24.9 Å². The molecule has 2 aromatic rings. The summed E-state index contributed by atoms with van der Waals surface area (Å²) in [5, 5.41) is 3.94. The zero-order valence-corrected chi connectivity index (χ0v) is 10.5. The SMILES string of the molecule is CNCc1ccc(Cc2ccncc2)c(Cl)c1. The number of halogens is 1. The highest BCUT2D eigenvalue weighted by molar-refractivity contribution is 6.31. The average Bonchev–Trinajstić information content (AvgIpc) is 2.34. The summed E-state index contributed by atoms with van der Waals surface area (Å²) in [5.74, 6) is 0. The molecule has 0 spiro atoms. The molecule has 0 amide bonds. The van der Waals surface area contributed by atoms with E-state index < -0.39 is 0 Å². The van der Waals surface area contributed by atoms with E-state index in [4.69, 9.17) is 11.6 Å². The van der Waals surface area contributed by atoms with Crippen molar-refractivity contribution in [1.82, 2.24) is 10.3 Å². The third-order valence-corrected chi connectivity index (χ3v) is 2.99. The molecule has 1 aromatic carbocycles. The lowest BCUT2D eigenvalue weighted by Crippen LogP contribution is -2.05. The van der Waals surface area contributed by atoms with Crippen molar-refractivity contribution < 1.29 is 0 Å². The second kappa shape index (κ2) is 5.80. The fraction of sp³-hybridized carbons (Fsp3) is 0.214. The van der Waals surface area contributed by atoms with E-state index in [-0.39, 0.29) is 0 Å². The number of nitrogens with one attached hydrogen (secondary N) is 1. The Morgan fingerprint density at radius 1 is 1.12 bits per heavy atom. The molecule has 1 N–H and O–H groups in total. The van der Waals surface area contributed by atoms with Gasteiger partial charge in [0.25, 0.3) is 0 Å². The summed E-state index contributed by atoms with van der Waals surface area (Å²) in [6, 6.07) is 10.2. The van der Waals surface area contributed by atoms with Crippen molar-refractivity contribution in [3.63, 3.8) is 0 Å². The molecule has 0 radical (unpaired) electrons. The quantitative estimate of drug-likeness (QED) is 0.897. The standard InChI is InChI=1S/C14H15ClN2/c1-16-10-12-2-3-13(14(15)9-12)8-11-4-6-17-7-5-11/h2-7,9,16H,8,10H2,1H3. The summed E-state index contributed by atoms with van der Waals surface area (Å²) in [6.07, 6.45) is 4.46. The van der Waals surface area contributed by atoms with Crippen LogP contribution in [0.2, 0.25) is 5.02 Å². The van der Waals surface area contributed by atoms with Gasteiger partial charge in [0, 0.05) is 24.0 Å². The number of nitrogens with zero attached hydrogens (tertiary/aromatic N) is 1. The highest BCUT2D eigenvalue weighted by Gasteiger charge is 2.03. The van der Waals surface area contributed by atoms with Crippen molar-refractivity contribution in [2.75, 3.05) is 7.05 Å². The molecule has 0 unspecified atom stereocenters. The monoisotopic (exact) mass is 246 g/mol. The summed E-state index contributed by atoms with van der Waals surface area (Å²) in [5.41, 5.74) is 3.58. The minimum absolute atomic E-state index is 0.828. The second-order valence-corrected chi connectivity index (χ2v) is 4.40. The Labute approximate surface area is 107 Å². The lowest BCUT2D eigenvalue weighted by molar-refractivity contribution is 0.817. The minimum Gasteiger partial charge on any atom is -0.316 e. The van der Waals surface area contributed by atoms with Crippen LogP contribution in [0.5, 0.6) is 0 Å². The van der Waals surface area contributed by atoms with Crippen LogP contribution < -0.4 is 5.32 Å². The third-order valence-electron chi connectivity index (χ3n) is 2.64. The molecule has 3 heteroatoms. The van der Waals surface area contributed by atoms with Crippen LogP contribution in [-0.4, -0.2) is 12.0 Å². The van der Waals surface area contributed by atoms with Crippen molar-refractivity contribution in [1.29, 1.82) is 0 Å². The fourth-order valence-corrected chi connectivity index (χ4v) is 2.04. The maximum absolute atomic E-state index is 6.27. The number of pyridine rings is 1. The van der Waals surface area contributed by atoms with Gasteiger partial charge in [0.05, 0.1) is 0 Å². The van der Waals surface area contributed by atoms with Crippen LogP contribution in [0.25, 0.3) is 0 Å². The number of benzene rings is 1. The van der Waals surface area contributed by atoms with Crippen LogP contribution in [0.4, 0.5) is 0 Å². The van der Waals surface area contributed by atoms with Crippen molar-refractivity contribution in [2.45, 2.75) is 13.0 Å². The van der Waals surface area contributed by atoms with E-state index in [9.17, 15) is 0 Å². The summed E-state index contributed by atoms with van der Waals surface area (Å²) in [4.78, 5) is 4.01. The molecule has 0 aliphatic rings. The zero-order chi connectivity index (χ0) is 12.1. The van der Waals surface area contributed by atoms with E-state index in [1.807, 2.05) is 25.2 Å². The van der Waals surface area contributed by atoms with E-state index in [0.29, 0.717) is 0 Å². The van der Waals surface area contributed by atoms with Crippen LogP contribution in [-0.2, 0) is 13.0 Å². The van der Waals surface area contributed by atoms with Gasteiger partial charge in [0.2, 0.25) is 0 Å². The van der Waals surface area contributed by atoms with E-state index in [1.54, 1.807) is 12.4 Å². The summed E-state index contributed by atoms with van der Waals surface area (Å²) in [6.45, 7) is 0.843. The van der Waals surface area contributed by atoms with Gasteiger partial charge in [-0.15, -0.1) is 0 Å². The maximum Gasteiger partial charge on any atom is 0.0444 e. The molecule has 1 heterocycles. The second-order valence-electron chi connectivity index (χ2n) is 3.99. The molecule has 2 nitrogen and oxygen atoms in total. The van der Waals surface area contributed by atoms with Gasteiger partial charge in [-0.1, -0.05) is 23.7 Å². The molecule has 0 fully saturated rings. The lowest BCUT2D eigenvalue weighted by atomic mass is 10.0. The Balaban J connectivity index is 2.17. The van der Waals surface area contributed by atoms with Gasteiger partial charge in [-0.25, -0.2) is 0 Å². The Bertz CT molecular complexity index is 483. The predicted octanol–water partition coefficient (Wildman–Crippen LogP) is 3.05. The van der Waals surface area contributed by atoms with Crippen molar-refractivity contribution >= 4 is 11.6 Å². The third kappa shape index (κ3) is 3.29. The van der Waals surface area contributed by atoms with E-state index in [1.165, 1.54) is 11.1 Å². The molecule has 1 aromatic heterocycles. The molecule has 0 bridgehead atoms. The van der Waals surface area contributed by atoms with Crippen molar-refractivity contribution in [2.24, 2.45) is 0 Å². The molecule has 0 aliphatic carbocycles. The molecular weight excluding hydrogens is 232 g/mol. The van der Waals surface area contributed by atoms with Crippen molar-refractivity contribution in [3.8, 4) is 0 Å². The summed E-state index contributed by atoms with van der Waals surface area (Å²) >= 11 is 6.27. The summed E-state index contributed by atoms with van der Waals surface area (Å²) < 4.78 is 0. The molecular formula is C14H15ClN2. The fourth-order valence-electron chi connectivity index (χ4n) is 1.77. The largest absolute Gasteiger partial charge is 0.316 e. The Morgan fingerprint density at radius 2 is 1.88 bits per heavy atom. The molecule has 2 rings (SSSR count). The molecule has 17 heavy (non-hydrogen) atoms. The van der Waals surface area contributed by atoms with Gasteiger partial charge in [-0.3, -0.25) is 4.98 Å². The van der Waals surface area contributed by atoms with E-state index >= 15 is 0 Å². The molecule has 88 valence electrons. The first-order valence-corrected chi connectivity index (χ1v) is 5.98. The first-order chi connectivity index (χ1) is 8.29. The summed E-state index contributed by atoms with van der Waals surface area (Å²) in [7, 11) is 1.93. The van der Waals surface area contributed by atoms with Gasteiger partial charge >= 0.3 is 0 Å². The van der Waals surface area contributed by atoms with Gasteiger partial charge in [-0.2, -0.15) is 0 Å². The highest BCUT2D eigenvalue weighted by atomic mass is 35.5. The minimum atomic E-state index is 0.828. The number of aromatic nitrogens is 1. The van der Waals surface area contributed by atoms with E-state index in [0.717, 1.165) is 23.6 Å². The average molecular weight is 247 g/mol. The van der Waals surface area contributed by atoms with Crippen LogP contribution in [0.15, 0.2) is 42.7 Å². The van der Waals surface area contributed by atoms with Gasteiger partial charge < -0.3 is 5.32 Å².